The van der Waals surface area contributed by atoms with Gasteiger partial charge in [0.1, 0.15) is 0 Å². The van der Waals surface area contributed by atoms with Gasteiger partial charge in [0.2, 0.25) is 0 Å². The molecule has 1 aliphatic rings. The van der Waals surface area contributed by atoms with E-state index in [9.17, 15) is 14.7 Å². The predicted octanol–water partition coefficient (Wildman–Crippen LogP) is 2.21. The monoisotopic (exact) mass is 249 g/mol. The molecule has 0 aromatic carbocycles. The number of rotatable bonds is 4. The lowest BCUT2D eigenvalue weighted by atomic mass is 10.0. The predicted molar refractivity (Wildman–Crippen MR) is 69.0 cm³/mol. The lowest BCUT2D eigenvalue weighted by Crippen LogP contribution is -2.28. The van der Waals surface area contributed by atoms with Gasteiger partial charge in [0.25, 0.3) is 5.56 Å². The molecule has 1 aromatic heterocycles. The van der Waals surface area contributed by atoms with Gasteiger partial charge in [-0.2, -0.15) is 0 Å². The lowest BCUT2D eigenvalue weighted by Gasteiger charge is -2.17. The minimum Gasteiger partial charge on any atom is -0.478 e. The summed E-state index contributed by atoms with van der Waals surface area (Å²) in [5, 5.41) is 9.20. The molecule has 0 saturated heterocycles. The van der Waals surface area contributed by atoms with Crippen LogP contribution in [0.15, 0.2) is 10.9 Å². The van der Waals surface area contributed by atoms with Gasteiger partial charge in [0, 0.05) is 18.3 Å². The molecule has 1 aliphatic carbocycles. The molecular weight excluding hydrogens is 230 g/mol. The minimum atomic E-state index is -0.960. The van der Waals surface area contributed by atoms with Crippen molar-refractivity contribution in [2.75, 3.05) is 0 Å². The van der Waals surface area contributed by atoms with Crippen LogP contribution < -0.4 is 5.56 Å². The highest BCUT2D eigenvalue weighted by molar-refractivity contribution is 5.90. The number of aromatic carboxylic acids is 1. The molecule has 0 amide bonds. The topological polar surface area (TPSA) is 59.3 Å². The summed E-state index contributed by atoms with van der Waals surface area (Å²) in [5.74, 6) is 0.175. The van der Waals surface area contributed by atoms with Gasteiger partial charge in [-0.1, -0.05) is 6.92 Å². The zero-order valence-electron chi connectivity index (χ0n) is 11.1. The third kappa shape index (κ3) is 2.33. The first-order valence-electron chi connectivity index (χ1n) is 6.36. The SMILES string of the molecule is Cc1cc(=O)n(CC(C)C2CC2)c(C)c1C(=O)O. The maximum Gasteiger partial charge on any atom is 0.337 e. The number of carbonyl (C=O) groups is 1. The second kappa shape index (κ2) is 4.59. The first-order valence-corrected chi connectivity index (χ1v) is 6.36. The molecule has 1 atom stereocenters. The zero-order valence-corrected chi connectivity index (χ0v) is 11.1. The Kier molecular flexibility index (Phi) is 3.28. The summed E-state index contributed by atoms with van der Waals surface area (Å²) in [6.45, 7) is 6.14. The molecule has 4 heteroatoms. The van der Waals surface area contributed by atoms with Gasteiger partial charge in [-0.15, -0.1) is 0 Å². The van der Waals surface area contributed by atoms with E-state index >= 15 is 0 Å². The van der Waals surface area contributed by atoms with Gasteiger partial charge in [-0.05, 0) is 44.1 Å². The smallest absolute Gasteiger partial charge is 0.337 e. The first-order chi connectivity index (χ1) is 8.41. The van der Waals surface area contributed by atoms with Gasteiger partial charge in [0.05, 0.1) is 5.56 Å². The Labute approximate surface area is 106 Å². The second-order valence-corrected chi connectivity index (χ2v) is 5.36. The Balaban J connectivity index is 2.42. The third-order valence-electron chi connectivity index (χ3n) is 3.88. The van der Waals surface area contributed by atoms with Crippen molar-refractivity contribution in [3.8, 4) is 0 Å². The van der Waals surface area contributed by atoms with E-state index < -0.39 is 5.97 Å². The molecule has 1 N–H and O–H groups in total. The maximum atomic E-state index is 12.0. The van der Waals surface area contributed by atoms with Crippen LogP contribution in [0, 0.1) is 25.7 Å². The average molecular weight is 249 g/mol. The van der Waals surface area contributed by atoms with Crippen LogP contribution in [-0.2, 0) is 6.54 Å². The van der Waals surface area contributed by atoms with Gasteiger partial charge in [0.15, 0.2) is 0 Å². The second-order valence-electron chi connectivity index (χ2n) is 5.36. The van der Waals surface area contributed by atoms with E-state index in [1.807, 2.05) is 0 Å². The standard InChI is InChI=1S/C14H19NO3/c1-8-6-12(16)15(7-9(2)11-4-5-11)10(3)13(8)14(17)18/h6,9,11H,4-5,7H2,1-3H3,(H,17,18). The molecule has 0 bridgehead atoms. The number of aryl methyl sites for hydroxylation is 1. The maximum absolute atomic E-state index is 12.0. The first kappa shape index (κ1) is 12.9. The number of hydrogen-bond donors (Lipinski definition) is 1. The largest absolute Gasteiger partial charge is 0.478 e. The molecule has 1 heterocycles. The van der Waals surface area contributed by atoms with Crippen molar-refractivity contribution in [3.05, 3.63) is 33.2 Å². The number of pyridine rings is 1. The molecule has 0 radical (unpaired) electrons. The quantitative estimate of drug-likeness (QED) is 0.890. The molecule has 0 spiro atoms. The summed E-state index contributed by atoms with van der Waals surface area (Å²) < 4.78 is 1.61. The number of hydrogen-bond acceptors (Lipinski definition) is 2. The Bertz CT molecular complexity index is 541. The van der Waals surface area contributed by atoms with Gasteiger partial charge >= 0.3 is 5.97 Å². The third-order valence-corrected chi connectivity index (χ3v) is 3.88. The number of aromatic nitrogens is 1. The number of carboxylic acid groups (broad SMARTS) is 1. The summed E-state index contributed by atoms with van der Waals surface area (Å²) in [4.78, 5) is 23.2. The fourth-order valence-corrected chi connectivity index (χ4v) is 2.57. The summed E-state index contributed by atoms with van der Waals surface area (Å²) in [6, 6.07) is 1.43. The van der Waals surface area contributed by atoms with Crippen molar-refractivity contribution in [1.29, 1.82) is 0 Å². The molecule has 98 valence electrons. The van der Waals surface area contributed by atoms with E-state index in [-0.39, 0.29) is 11.1 Å². The summed E-state index contributed by atoms with van der Waals surface area (Å²) in [5.41, 5.74) is 1.28. The molecule has 2 rings (SSSR count). The molecular formula is C14H19NO3. The molecule has 0 aliphatic heterocycles. The minimum absolute atomic E-state index is 0.0949. The van der Waals surface area contributed by atoms with Crippen LogP contribution in [-0.4, -0.2) is 15.6 Å². The Hall–Kier alpha value is -1.58. The number of carboxylic acids is 1. The summed E-state index contributed by atoms with van der Waals surface area (Å²) >= 11 is 0. The molecule has 4 nitrogen and oxygen atoms in total. The van der Waals surface area contributed by atoms with Crippen molar-refractivity contribution >= 4 is 5.97 Å². The fourth-order valence-electron chi connectivity index (χ4n) is 2.57. The Morgan fingerprint density at radius 2 is 2.11 bits per heavy atom. The molecule has 1 saturated carbocycles. The Morgan fingerprint density at radius 1 is 1.50 bits per heavy atom. The van der Waals surface area contributed by atoms with Crippen LogP contribution in [0.3, 0.4) is 0 Å². The van der Waals surface area contributed by atoms with Crippen LogP contribution in [0.1, 0.15) is 41.4 Å². The van der Waals surface area contributed by atoms with Gasteiger partial charge in [-0.3, -0.25) is 4.79 Å². The zero-order chi connectivity index (χ0) is 13.4. The van der Waals surface area contributed by atoms with Crippen molar-refractivity contribution in [2.45, 2.75) is 40.2 Å². The van der Waals surface area contributed by atoms with E-state index in [1.54, 1.807) is 18.4 Å². The van der Waals surface area contributed by atoms with E-state index in [4.69, 9.17) is 0 Å². The van der Waals surface area contributed by atoms with Crippen LogP contribution in [0.5, 0.6) is 0 Å². The van der Waals surface area contributed by atoms with Crippen molar-refractivity contribution in [1.82, 2.24) is 4.57 Å². The van der Waals surface area contributed by atoms with Crippen LogP contribution in [0.25, 0.3) is 0 Å². The highest BCUT2D eigenvalue weighted by Gasteiger charge is 2.29. The van der Waals surface area contributed by atoms with Crippen molar-refractivity contribution in [3.63, 3.8) is 0 Å². The average Bonchev–Trinajstić information content (AvgIpc) is 3.06. The molecule has 1 aromatic rings. The van der Waals surface area contributed by atoms with Gasteiger partial charge < -0.3 is 9.67 Å². The normalized spacial score (nSPS) is 16.6. The van der Waals surface area contributed by atoms with Crippen LogP contribution in [0.4, 0.5) is 0 Å². The fraction of sp³-hybridized carbons (Fsp3) is 0.571. The lowest BCUT2D eigenvalue weighted by molar-refractivity contribution is 0.0694. The van der Waals surface area contributed by atoms with Crippen molar-refractivity contribution < 1.29 is 9.90 Å². The van der Waals surface area contributed by atoms with Crippen molar-refractivity contribution in [2.24, 2.45) is 11.8 Å². The van der Waals surface area contributed by atoms with Crippen LogP contribution in [0.2, 0.25) is 0 Å². The molecule has 18 heavy (non-hydrogen) atoms. The summed E-state index contributed by atoms with van der Waals surface area (Å²) in [7, 11) is 0. The van der Waals surface area contributed by atoms with E-state index in [2.05, 4.69) is 6.92 Å². The molecule has 1 unspecified atom stereocenters. The van der Waals surface area contributed by atoms with E-state index in [1.165, 1.54) is 18.9 Å². The van der Waals surface area contributed by atoms with Crippen LogP contribution >= 0.6 is 0 Å². The highest BCUT2D eigenvalue weighted by Crippen LogP contribution is 2.37. The van der Waals surface area contributed by atoms with E-state index in [0.29, 0.717) is 29.6 Å². The summed E-state index contributed by atoms with van der Waals surface area (Å²) in [6.07, 6.45) is 2.46. The van der Waals surface area contributed by atoms with Gasteiger partial charge in [-0.25, -0.2) is 4.79 Å². The highest BCUT2D eigenvalue weighted by atomic mass is 16.4. The molecule has 1 fully saturated rings. The Morgan fingerprint density at radius 3 is 2.61 bits per heavy atom. The number of nitrogens with zero attached hydrogens (tertiary/aromatic N) is 1. The van der Waals surface area contributed by atoms with E-state index in [0.717, 1.165) is 0 Å².